The Morgan fingerprint density at radius 2 is 2.08 bits per heavy atom. The van der Waals surface area contributed by atoms with Gasteiger partial charge >= 0.3 is 0 Å². The third kappa shape index (κ3) is 2.02. The predicted molar refractivity (Wildman–Crippen MR) is 56.1 cm³/mol. The van der Waals surface area contributed by atoms with Crippen LogP contribution in [0.3, 0.4) is 0 Å². The van der Waals surface area contributed by atoms with Crippen molar-refractivity contribution in [1.29, 1.82) is 0 Å². The second-order valence-electron chi connectivity index (χ2n) is 3.62. The average molecular weight is 181 g/mol. The molecule has 0 aliphatic heterocycles. The molecule has 0 spiro atoms. The van der Waals surface area contributed by atoms with Gasteiger partial charge in [-0.15, -0.1) is 0 Å². The Kier molecular flexibility index (Phi) is 2.96. The smallest absolute Gasteiger partial charge is 0.0827 e. The van der Waals surface area contributed by atoms with E-state index in [1.165, 1.54) is 11.4 Å². The summed E-state index contributed by atoms with van der Waals surface area (Å²) in [6.07, 6.45) is 1.13. The molecule has 1 aromatic heterocycles. The first kappa shape index (κ1) is 10.1. The lowest BCUT2D eigenvalue weighted by atomic mass is 10.2. The van der Waals surface area contributed by atoms with Gasteiger partial charge in [0, 0.05) is 13.1 Å². The zero-order chi connectivity index (χ0) is 10.0. The van der Waals surface area contributed by atoms with Crippen LogP contribution in [0, 0.1) is 13.8 Å². The number of nitrogens with zero attached hydrogens (tertiary/aromatic N) is 2. The first-order chi connectivity index (χ1) is 6.06. The molecule has 0 saturated heterocycles. The summed E-state index contributed by atoms with van der Waals surface area (Å²) in [6, 6.07) is 0.515. The molecular weight excluding hydrogens is 162 g/mol. The van der Waals surface area contributed by atoms with Crippen molar-refractivity contribution in [1.82, 2.24) is 9.78 Å². The quantitative estimate of drug-likeness (QED) is 0.775. The number of nitrogens with one attached hydrogen (secondary N) is 1. The molecule has 0 aliphatic rings. The first-order valence-corrected chi connectivity index (χ1v) is 4.83. The van der Waals surface area contributed by atoms with E-state index in [0.717, 1.165) is 12.1 Å². The van der Waals surface area contributed by atoms with Crippen LogP contribution < -0.4 is 5.32 Å². The van der Waals surface area contributed by atoms with Crippen molar-refractivity contribution in [3.63, 3.8) is 0 Å². The Hall–Kier alpha value is -0.990. The lowest BCUT2D eigenvalue weighted by molar-refractivity contribution is 0.729. The van der Waals surface area contributed by atoms with Crippen LogP contribution in [0.4, 0.5) is 5.69 Å². The van der Waals surface area contributed by atoms with Gasteiger partial charge in [-0.2, -0.15) is 5.10 Å². The fraction of sp³-hybridized carbons (Fsp3) is 0.700. The highest BCUT2D eigenvalue weighted by Gasteiger charge is 2.10. The van der Waals surface area contributed by atoms with Crippen LogP contribution in [0.1, 0.15) is 31.7 Å². The van der Waals surface area contributed by atoms with Crippen molar-refractivity contribution >= 4 is 5.69 Å². The van der Waals surface area contributed by atoms with Crippen molar-refractivity contribution in [2.45, 2.75) is 40.2 Å². The van der Waals surface area contributed by atoms with Gasteiger partial charge in [0.1, 0.15) is 0 Å². The lowest BCUT2D eigenvalue weighted by Crippen LogP contribution is -2.14. The number of aromatic nitrogens is 2. The molecule has 3 heteroatoms. The lowest BCUT2D eigenvalue weighted by Gasteiger charge is -2.12. The van der Waals surface area contributed by atoms with Crippen LogP contribution in [0.15, 0.2) is 0 Å². The fourth-order valence-corrected chi connectivity index (χ4v) is 1.33. The molecule has 1 aromatic rings. The third-order valence-corrected chi connectivity index (χ3v) is 2.51. The van der Waals surface area contributed by atoms with Crippen molar-refractivity contribution in [2.75, 3.05) is 5.32 Å². The maximum atomic E-state index is 4.35. The summed E-state index contributed by atoms with van der Waals surface area (Å²) in [4.78, 5) is 0. The van der Waals surface area contributed by atoms with E-state index in [4.69, 9.17) is 0 Å². The normalized spacial score (nSPS) is 13.0. The zero-order valence-electron chi connectivity index (χ0n) is 9.18. The highest BCUT2D eigenvalue weighted by Crippen LogP contribution is 2.19. The summed E-state index contributed by atoms with van der Waals surface area (Å²) in [7, 11) is 1.98. The molecule has 13 heavy (non-hydrogen) atoms. The van der Waals surface area contributed by atoms with Gasteiger partial charge < -0.3 is 5.32 Å². The van der Waals surface area contributed by atoms with E-state index in [-0.39, 0.29) is 0 Å². The maximum absolute atomic E-state index is 4.35. The SMILES string of the molecule is CC[C@H](C)Nc1c(C)nn(C)c1C. The number of anilines is 1. The Balaban J connectivity index is 2.87. The zero-order valence-corrected chi connectivity index (χ0v) is 9.18. The van der Waals surface area contributed by atoms with Crippen molar-refractivity contribution < 1.29 is 0 Å². The molecule has 1 N–H and O–H groups in total. The Labute approximate surface area is 80.1 Å². The summed E-state index contributed by atoms with van der Waals surface area (Å²) in [5.41, 5.74) is 3.48. The Morgan fingerprint density at radius 1 is 1.46 bits per heavy atom. The molecule has 0 radical (unpaired) electrons. The van der Waals surface area contributed by atoms with Crippen LogP contribution in [0.5, 0.6) is 0 Å². The second kappa shape index (κ2) is 3.81. The summed E-state index contributed by atoms with van der Waals surface area (Å²) < 4.78 is 1.92. The number of hydrogen-bond donors (Lipinski definition) is 1. The molecule has 74 valence electrons. The van der Waals surface area contributed by atoms with E-state index < -0.39 is 0 Å². The Morgan fingerprint density at radius 3 is 2.46 bits per heavy atom. The second-order valence-corrected chi connectivity index (χ2v) is 3.62. The molecule has 0 aromatic carbocycles. The summed E-state index contributed by atoms with van der Waals surface area (Å²) >= 11 is 0. The van der Waals surface area contributed by atoms with Gasteiger partial charge in [0.25, 0.3) is 0 Å². The Bertz CT molecular complexity index is 289. The van der Waals surface area contributed by atoms with Gasteiger partial charge in [0.15, 0.2) is 0 Å². The van der Waals surface area contributed by atoms with Crippen LogP contribution in [0.2, 0.25) is 0 Å². The first-order valence-electron chi connectivity index (χ1n) is 4.83. The molecule has 0 saturated carbocycles. The summed E-state index contributed by atoms with van der Waals surface area (Å²) in [5, 5.41) is 7.82. The van der Waals surface area contributed by atoms with Crippen molar-refractivity contribution in [2.24, 2.45) is 7.05 Å². The van der Waals surface area contributed by atoms with E-state index in [9.17, 15) is 0 Å². The highest BCUT2D eigenvalue weighted by atomic mass is 15.3. The molecule has 1 rings (SSSR count). The van der Waals surface area contributed by atoms with E-state index in [0.29, 0.717) is 6.04 Å². The highest BCUT2D eigenvalue weighted by molar-refractivity contribution is 5.52. The molecule has 0 bridgehead atoms. The van der Waals surface area contributed by atoms with E-state index >= 15 is 0 Å². The van der Waals surface area contributed by atoms with E-state index in [1.807, 2.05) is 18.7 Å². The third-order valence-electron chi connectivity index (χ3n) is 2.51. The van der Waals surface area contributed by atoms with Gasteiger partial charge in [0.2, 0.25) is 0 Å². The standard InChI is InChI=1S/C10H19N3/c1-6-7(2)11-10-8(3)12-13(5)9(10)4/h7,11H,6H2,1-5H3/t7-/m0/s1. The number of rotatable bonds is 3. The average Bonchev–Trinajstić information content (AvgIpc) is 2.32. The maximum Gasteiger partial charge on any atom is 0.0827 e. The minimum absolute atomic E-state index is 0.515. The molecule has 0 unspecified atom stereocenters. The van der Waals surface area contributed by atoms with Crippen LogP contribution >= 0.6 is 0 Å². The molecular formula is C10H19N3. The monoisotopic (exact) mass is 181 g/mol. The van der Waals surface area contributed by atoms with Crippen LogP contribution in [0.25, 0.3) is 0 Å². The van der Waals surface area contributed by atoms with E-state index in [2.05, 4.69) is 31.2 Å². The minimum atomic E-state index is 0.515. The van der Waals surface area contributed by atoms with Gasteiger partial charge in [-0.3, -0.25) is 4.68 Å². The molecule has 0 aliphatic carbocycles. The van der Waals surface area contributed by atoms with Gasteiger partial charge in [-0.1, -0.05) is 6.92 Å². The molecule has 1 heterocycles. The van der Waals surface area contributed by atoms with Gasteiger partial charge in [-0.25, -0.2) is 0 Å². The van der Waals surface area contributed by atoms with Crippen LogP contribution in [-0.4, -0.2) is 15.8 Å². The van der Waals surface area contributed by atoms with Gasteiger partial charge in [-0.05, 0) is 27.2 Å². The topological polar surface area (TPSA) is 29.9 Å². The molecule has 0 amide bonds. The largest absolute Gasteiger partial charge is 0.380 e. The predicted octanol–water partition coefficient (Wildman–Crippen LogP) is 2.25. The number of aryl methyl sites for hydroxylation is 2. The molecule has 1 atom stereocenters. The van der Waals surface area contributed by atoms with Crippen LogP contribution in [-0.2, 0) is 7.05 Å². The van der Waals surface area contributed by atoms with Crippen molar-refractivity contribution in [3.8, 4) is 0 Å². The fourth-order valence-electron chi connectivity index (χ4n) is 1.33. The summed E-state index contributed by atoms with van der Waals surface area (Å²) in [6.45, 7) is 8.49. The molecule has 0 fully saturated rings. The summed E-state index contributed by atoms with van der Waals surface area (Å²) in [5.74, 6) is 0. The van der Waals surface area contributed by atoms with E-state index in [1.54, 1.807) is 0 Å². The minimum Gasteiger partial charge on any atom is -0.380 e. The number of hydrogen-bond acceptors (Lipinski definition) is 2. The molecule has 3 nitrogen and oxygen atoms in total. The van der Waals surface area contributed by atoms with Gasteiger partial charge in [0.05, 0.1) is 17.1 Å². The van der Waals surface area contributed by atoms with Crippen molar-refractivity contribution in [3.05, 3.63) is 11.4 Å².